The molecule has 2 heterocycles. The molecule has 0 atom stereocenters. The highest BCUT2D eigenvalue weighted by atomic mass is 32.2. The lowest BCUT2D eigenvalue weighted by atomic mass is 10.3. The zero-order chi connectivity index (χ0) is 12.5. The third-order valence-electron chi connectivity index (χ3n) is 2.15. The fourth-order valence-corrected chi connectivity index (χ4v) is 2.82. The Hall–Kier alpha value is -2.07. The molecule has 0 aliphatic rings. The molecule has 8 nitrogen and oxygen atoms in total. The first-order valence-electron chi connectivity index (χ1n) is 4.68. The topological polar surface area (TPSA) is 110 Å². The summed E-state index contributed by atoms with van der Waals surface area (Å²) >= 11 is 2.25. The Morgan fingerprint density at radius 3 is 2.89 bits per heavy atom. The minimum absolute atomic E-state index is 0.0410. The maximum atomic E-state index is 10.8. The van der Waals surface area contributed by atoms with Gasteiger partial charge >= 0.3 is 0 Å². The summed E-state index contributed by atoms with van der Waals surface area (Å²) in [5.41, 5.74) is 0.769. The molecule has 10 heteroatoms. The molecule has 0 aliphatic heterocycles. The molecule has 0 unspecified atom stereocenters. The van der Waals surface area contributed by atoms with Gasteiger partial charge in [-0.05, 0) is 17.8 Å². The Morgan fingerprint density at radius 2 is 2.17 bits per heavy atom. The monoisotopic (exact) mass is 280 g/mol. The third kappa shape index (κ3) is 1.80. The fourth-order valence-electron chi connectivity index (χ4n) is 1.41. The molecule has 0 saturated heterocycles. The smallest absolute Gasteiger partial charge is 0.258 e. The molecule has 0 amide bonds. The van der Waals surface area contributed by atoms with Crippen LogP contribution in [0.1, 0.15) is 0 Å². The zero-order valence-corrected chi connectivity index (χ0v) is 10.2. The molecular formula is C8H4N6O2S2. The van der Waals surface area contributed by atoms with Gasteiger partial charge in [-0.2, -0.15) is 13.8 Å². The number of nitro groups is 1. The van der Waals surface area contributed by atoms with Gasteiger partial charge in [0.05, 0.1) is 16.7 Å². The van der Waals surface area contributed by atoms with E-state index in [1.54, 1.807) is 6.07 Å². The highest BCUT2D eigenvalue weighted by Crippen LogP contribution is 2.34. The Bertz CT molecular complexity index is 710. The third-order valence-corrected chi connectivity index (χ3v) is 3.62. The van der Waals surface area contributed by atoms with Crippen LogP contribution >= 0.6 is 23.5 Å². The van der Waals surface area contributed by atoms with Crippen molar-refractivity contribution in [2.45, 2.75) is 10.1 Å². The van der Waals surface area contributed by atoms with Crippen molar-refractivity contribution < 1.29 is 4.92 Å². The van der Waals surface area contributed by atoms with Crippen LogP contribution in [-0.4, -0.2) is 28.9 Å². The summed E-state index contributed by atoms with van der Waals surface area (Å²) in [4.78, 5) is 15.1. The van der Waals surface area contributed by atoms with Crippen LogP contribution in [0.25, 0.3) is 11.0 Å². The number of aromatic nitrogens is 5. The van der Waals surface area contributed by atoms with Gasteiger partial charge in [0, 0.05) is 11.0 Å². The van der Waals surface area contributed by atoms with Crippen LogP contribution in [0, 0.1) is 10.1 Å². The second-order valence-electron chi connectivity index (χ2n) is 3.19. The molecule has 3 rings (SSSR count). The van der Waals surface area contributed by atoms with Crippen molar-refractivity contribution in [3.63, 3.8) is 0 Å². The number of nitro benzene ring substituents is 1. The van der Waals surface area contributed by atoms with Gasteiger partial charge in [-0.25, -0.2) is 4.98 Å². The standard InChI is InChI=1S/C8H4N6O2S2/c15-14(16)4-1-2-5(7-6(4)12-18-13-7)17-8-9-3-10-11-8/h1-3H,(H,9,10,11). The van der Waals surface area contributed by atoms with Crippen molar-refractivity contribution in [3.8, 4) is 0 Å². The molecule has 0 aliphatic carbocycles. The SMILES string of the molecule is O=[N+]([O-])c1ccc(Sc2ncn[nH]2)c2nsnc12. The average Bonchev–Trinajstić information content (AvgIpc) is 2.98. The largest absolute Gasteiger partial charge is 0.298 e. The lowest BCUT2D eigenvalue weighted by Gasteiger charge is -1.98. The molecule has 0 fully saturated rings. The number of hydrogen-bond acceptors (Lipinski definition) is 8. The van der Waals surface area contributed by atoms with Crippen molar-refractivity contribution in [2.24, 2.45) is 0 Å². The van der Waals surface area contributed by atoms with Gasteiger partial charge in [0.2, 0.25) is 0 Å². The molecule has 3 aromatic rings. The van der Waals surface area contributed by atoms with Gasteiger partial charge in [-0.1, -0.05) is 0 Å². The van der Waals surface area contributed by atoms with Crippen molar-refractivity contribution in [3.05, 3.63) is 28.6 Å². The Balaban J connectivity index is 2.11. The van der Waals surface area contributed by atoms with Crippen LogP contribution in [0.2, 0.25) is 0 Å². The van der Waals surface area contributed by atoms with Gasteiger partial charge in [-0.3, -0.25) is 15.2 Å². The highest BCUT2D eigenvalue weighted by molar-refractivity contribution is 7.99. The van der Waals surface area contributed by atoms with E-state index in [2.05, 4.69) is 23.9 Å². The minimum atomic E-state index is -0.466. The number of aromatic amines is 1. The summed E-state index contributed by atoms with van der Waals surface area (Å²) in [6.07, 6.45) is 1.39. The number of nitrogens with zero attached hydrogens (tertiary/aromatic N) is 5. The maximum Gasteiger partial charge on any atom is 0.298 e. The lowest BCUT2D eigenvalue weighted by Crippen LogP contribution is -1.90. The summed E-state index contributed by atoms with van der Waals surface area (Å²) in [5.74, 6) is 0. The molecule has 18 heavy (non-hydrogen) atoms. The molecule has 1 aromatic carbocycles. The van der Waals surface area contributed by atoms with Gasteiger partial charge in [0.15, 0.2) is 10.7 Å². The van der Waals surface area contributed by atoms with E-state index in [4.69, 9.17) is 0 Å². The van der Waals surface area contributed by atoms with Crippen molar-refractivity contribution in [2.75, 3.05) is 0 Å². The molecule has 2 aromatic heterocycles. The fraction of sp³-hybridized carbons (Fsp3) is 0. The van der Waals surface area contributed by atoms with Crippen LogP contribution in [0.15, 0.2) is 28.5 Å². The van der Waals surface area contributed by atoms with Crippen LogP contribution in [0.4, 0.5) is 5.69 Å². The first kappa shape index (κ1) is 11.0. The molecule has 0 spiro atoms. The van der Waals surface area contributed by atoms with E-state index in [-0.39, 0.29) is 5.69 Å². The predicted molar refractivity (Wildman–Crippen MR) is 64.6 cm³/mol. The lowest BCUT2D eigenvalue weighted by molar-refractivity contribution is -0.383. The number of fused-ring (bicyclic) bond motifs is 1. The van der Waals surface area contributed by atoms with E-state index in [9.17, 15) is 10.1 Å². The number of benzene rings is 1. The van der Waals surface area contributed by atoms with Crippen molar-refractivity contribution >= 4 is 40.2 Å². The van der Waals surface area contributed by atoms with Crippen molar-refractivity contribution in [1.29, 1.82) is 0 Å². The van der Waals surface area contributed by atoms with Gasteiger partial charge in [-0.15, -0.1) is 0 Å². The molecule has 1 N–H and O–H groups in total. The summed E-state index contributed by atoms with van der Waals surface area (Å²) in [6, 6.07) is 3.05. The quantitative estimate of drug-likeness (QED) is 0.575. The predicted octanol–water partition coefficient (Wildman–Crippen LogP) is 1.87. The van der Waals surface area contributed by atoms with E-state index < -0.39 is 4.92 Å². The van der Waals surface area contributed by atoms with Crippen LogP contribution in [0.5, 0.6) is 0 Å². The first-order valence-corrected chi connectivity index (χ1v) is 6.23. The highest BCUT2D eigenvalue weighted by Gasteiger charge is 2.19. The van der Waals surface area contributed by atoms with Gasteiger partial charge in [0.25, 0.3) is 5.69 Å². The average molecular weight is 280 g/mol. The normalized spacial score (nSPS) is 10.9. The van der Waals surface area contributed by atoms with E-state index >= 15 is 0 Å². The van der Waals surface area contributed by atoms with E-state index in [1.165, 1.54) is 24.2 Å². The second kappa shape index (κ2) is 4.31. The van der Waals surface area contributed by atoms with Crippen LogP contribution in [-0.2, 0) is 0 Å². The summed E-state index contributed by atoms with van der Waals surface area (Å²) in [6.45, 7) is 0. The van der Waals surface area contributed by atoms with Crippen LogP contribution in [0.3, 0.4) is 0 Å². The van der Waals surface area contributed by atoms with E-state index in [1.807, 2.05) is 0 Å². The number of rotatable bonds is 3. The maximum absolute atomic E-state index is 10.8. The number of non-ortho nitro benzene ring substituents is 1. The Labute approximate surface area is 108 Å². The Morgan fingerprint density at radius 1 is 1.33 bits per heavy atom. The Kier molecular flexibility index (Phi) is 2.64. The van der Waals surface area contributed by atoms with Gasteiger partial charge in [0.1, 0.15) is 11.8 Å². The van der Waals surface area contributed by atoms with E-state index in [0.29, 0.717) is 16.2 Å². The van der Waals surface area contributed by atoms with Crippen LogP contribution < -0.4 is 0 Å². The zero-order valence-electron chi connectivity index (χ0n) is 8.60. The van der Waals surface area contributed by atoms with E-state index in [0.717, 1.165) is 16.6 Å². The summed E-state index contributed by atoms with van der Waals surface area (Å²) < 4.78 is 8.04. The number of nitrogens with one attached hydrogen (secondary N) is 1. The van der Waals surface area contributed by atoms with Crippen molar-refractivity contribution in [1.82, 2.24) is 23.9 Å². The second-order valence-corrected chi connectivity index (χ2v) is 4.75. The molecule has 0 saturated carbocycles. The molecule has 90 valence electrons. The van der Waals surface area contributed by atoms with Gasteiger partial charge < -0.3 is 0 Å². The summed E-state index contributed by atoms with van der Waals surface area (Å²) in [7, 11) is 0. The summed E-state index contributed by atoms with van der Waals surface area (Å²) in [5, 5.41) is 17.9. The molecular weight excluding hydrogens is 276 g/mol. The number of H-pyrrole nitrogens is 1. The molecule has 0 bridgehead atoms. The molecule has 0 radical (unpaired) electrons. The number of hydrogen-bond donors (Lipinski definition) is 1. The first-order chi connectivity index (χ1) is 8.75. The minimum Gasteiger partial charge on any atom is -0.258 e.